The number of nitrogens with zero attached hydrogens (tertiary/aromatic N) is 2. The summed E-state index contributed by atoms with van der Waals surface area (Å²) in [6.07, 6.45) is 4.45. The summed E-state index contributed by atoms with van der Waals surface area (Å²) in [4.78, 5) is 4.65. The second-order valence-electron chi connectivity index (χ2n) is 4.84. The molecule has 0 saturated carbocycles. The van der Waals surface area contributed by atoms with Crippen molar-refractivity contribution in [2.24, 2.45) is 5.92 Å². The topological polar surface area (TPSA) is 29.3 Å². The largest absolute Gasteiger partial charge is 0.316 e. The van der Waals surface area contributed by atoms with Crippen LogP contribution in [-0.4, -0.2) is 22.5 Å². The lowest BCUT2D eigenvalue weighted by atomic mass is 10.0. The summed E-state index contributed by atoms with van der Waals surface area (Å²) >= 11 is 3.55. The average Bonchev–Trinajstić information content (AvgIpc) is 2.89. The molecule has 0 bridgehead atoms. The van der Waals surface area contributed by atoms with E-state index < -0.39 is 0 Å². The fraction of sp³-hybridized carbons (Fsp3) is 0.462. The van der Waals surface area contributed by atoms with Gasteiger partial charge in [-0.2, -0.15) is 0 Å². The van der Waals surface area contributed by atoms with Gasteiger partial charge in [-0.3, -0.25) is 0 Å². The third-order valence-electron chi connectivity index (χ3n) is 3.46. The lowest BCUT2D eigenvalue weighted by Crippen LogP contribution is -2.12. The number of imidazole rings is 1. The molecule has 3 nitrogen and oxygen atoms in total. The highest BCUT2D eigenvalue weighted by Gasteiger charge is 2.18. The molecular formula is C13H16BrN3. The van der Waals surface area contributed by atoms with Crippen LogP contribution in [0.1, 0.15) is 17.8 Å². The van der Waals surface area contributed by atoms with Gasteiger partial charge in [-0.1, -0.05) is 0 Å². The summed E-state index contributed by atoms with van der Waals surface area (Å²) in [5.41, 5.74) is 2.44. The maximum atomic E-state index is 4.65. The van der Waals surface area contributed by atoms with Gasteiger partial charge in [0, 0.05) is 12.6 Å². The van der Waals surface area contributed by atoms with E-state index >= 15 is 0 Å². The summed E-state index contributed by atoms with van der Waals surface area (Å²) in [6, 6.07) is 4.31. The molecule has 1 aliphatic heterocycles. The minimum Gasteiger partial charge on any atom is -0.316 e. The van der Waals surface area contributed by atoms with Crippen molar-refractivity contribution in [2.45, 2.75) is 19.8 Å². The lowest BCUT2D eigenvalue weighted by Gasteiger charge is -2.07. The van der Waals surface area contributed by atoms with Gasteiger partial charge in [0.2, 0.25) is 0 Å². The summed E-state index contributed by atoms with van der Waals surface area (Å²) < 4.78 is 3.16. The van der Waals surface area contributed by atoms with Crippen molar-refractivity contribution in [3.8, 4) is 0 Å². The Balaban J connectivity index is 1.98. The predicted octanol–water partition coefficient (Wildman–Crippen LogP) is 2.56. The third kappa shape index (κ3) is 2.11. The average molecular weight is 294 g/mol. The van der Waals surface area contributed by atoms with Crippen LogP contribution < -0.4 is 5.32 Å². The van der Waals surface area contributed by atoms with E-state index in [1.807, 2.05) is 0 Å². The highest BCUT2D eigenvalue weighted by Crippen LogP contribution is 2.23. The standard InChI is InChI=1S/C13H16BrN3/c1-9-3-5-17-11(6-9)13(14)16-12(17)7-10-2-4-15-8-10/h3,5-6,10,15H,2,4,7-8H2,1H3. The molecule has 3 rings (SSSR count). The molecule has 90 valence electrons. The molecule has 1 atom stereocenters. The molecule has 0 aromatic carbocycles. The molecule has 0 amide bonds. The van der Waals surface area contributed by atoms with Crippen LogP contribution in [0.15, 0.2) is 22.9 Å². The monoisotopic (exact) mass is 293 g/mol. The lowest BCUT2D eigenvalue weighted by molar-refractivity contribution is 0.560. The van der Waals surface area contributed by atoms with Gasteiger partial charge in [0.1, 0.15) is 10.4 Å². The van der Waals surface area contributed by atoms with Crippen molar-refractivity contribution >= 4 is 21.4 Å². The predicted molar refractivity (Wildman–Crippen MR) is 72.3 cm³/mol. The van der Waals surface area contributed by atoms with Gasteiger partial charge in [-0.15, -0.1) is 0 Å². The van der Waals surface area contributed by atoms with Crippen LogP contribution in [0.25, 0.3) is 5.52 Å². The van der Waals surface area contributed by atoms with Crippen molar-refractivity contribution in [2.75, 3.05) is 13.1 Å². The van der Waals surface area contributed by atoms with Gasteiger partial charge in [0.15, 0.2) is 0 Å². The second kappa shape index (κ2) is 4.42. The number of fused-ring (bicyclic) bond motifs is 1. The molecule has 0 radical (unpaired) electrons. The first-order chi connectivity index (χ1) is 8.24. The van der Waals surface area contributed by atoms with Crippen LogP contribution in [0.2, 0.25) is 0 Å². The molecular weight excluding hydrogens is 278 g/mol. The van der Waals surface area contributed by atoms with E-state index in [1.165, 1.54) is 23.3 Å². The molecule has 1 aliphatic rings. The summed E-state index contributed by atoms with van der Waals surface area (Å²) in [5, 5.41) is 3.41. The number of halogens is 1. The molecule has 1 fully saturated rings. The van der Waals surface area contributed by atoms with Gasteiger partial charge in [-0.25, -0.2) is 4.98 Å². The Morgan fingerprint density at radius 1 is 1.59 bits per heavy atom. The number of pyridine rings is 1. The van der Waals surface area contributed by atoms with E-state index in [-0.39, 0.29) is 0 Å². The van der Waals surface area contributed by atoms with Gasteiger partial charge < -0.3 is 9.72 Å². The molecule has 1 N–H and O–H groups in total. The highest BCUT2D eigenvalue weighted by molar-refractivity contribution is 9.10. The summed E-state index contributed by atoms with van der Waals surface area (Å²) in [5.74, 6) is 1.90. The zero-order valence-corrected chi connectivity index (χ0v) is 11.5. The molecule has 0 aliphatic carbocycles. The zero-order valence-electron chi connectivity index (χ0n) is 9.91. The Hall–Kier alpha value is -0.870. The highest BCUT2D eigenvalue weighted by atomic mass is 79.9. The summed E-state index contributed by atoms with van der Waals surface area (Å²) in [6.45, 7) is 4.38. The SMILES string of the molecule is Cc1ccn2c(CC3CCNC3)nc(Br)c2c1. The molecule has 1 unspecified atom stereocenters. The minimum atomic E-state index is 0.730. The molecule has 4 heteroatoms. The van der Waals surface area contributed by atoms with E-state index in [1.54, 1.807) is 0 Å². The van der Waals surface area contributed by atoms with E-state index in [0.29, 0.717) is 0 Å². The van der Waals surface area contributed by atoms with E-state index in [0.717, 1.165) is 30.0 Å². The van der Waals surface area contributed by atoms with E-state index in [9.17, 15) is 0 Å². The van der Waals surface area contributed by atoms with Crippen molar-refractivity contribution in [3.63, 3.8) is 0 Å². The van der Waals surface area contributed by atoms with Crippen LogP contribution in [0, 0.1) is 12.8 Å². The van der Waals surface area contributed by atoms with Crippen LogP contribution in [-0.2, 0) is 6.42 Å². The first-order valence-electron chi connectivity index (χ1n) is 6.08. The second-order valence-corrected chi connectivity index (χ2v) is 5.59. The maximum absolute atomic E-state index is 4.65. The van der Waals surface area contributed by atoms with Crippen LogP contribution in [0.4, 0.5) is 0 Å². The smallest absolute Gasteiger partial charge is 0.132 e. The summed E-state index contributed by atoms with van der Waals surface area (Å²) in [7, 11) is 0. The Bertz CT molecular complexity index is 541. The molecule has 2 aromatic heterocycles. The Labute approximate surface area is 109 Å². The number of hydrogen-bond acceptors (Lipinski definition) is 2. The van der Waals surface area contributed by atoms with E-state index in [4.69, 9.17) is 0 Å². The van der Waals surface area contributed by atoms with Crippen molar-refractivity contribution in [3.05, 3.63) is 34.3 Å². The van der Waals surface area contributed by atoms with Crippen molar-refractivity contribution < 1.29 is 0 Å². The number of nitrogens with one attached hydrogen (secondary N) is 1. The number of aryl methyl sites for hydroxylation is 1. The first-order valence-corrected chi connectivity index (χ1v) is 6.87. The van der Waals surface area contributed by atoms with Gasteiger partial charge in [0.25, 0.3) is 0 Å². The number of hydrogen-bond donors (Lipinski definition) is 1. The Kier molecular flexibility index (Phi) is 2.92. The van der Waals surface area contributed by atoms with Gasteiger partial charge in [-0.05, 0) is 66.0 Å². The molecule has 2 aromatic rings. The molecule has 1 saturated heterocycles. The molecule has 3 heterocycles. The van der Waals surface area contributed by atoms with Crippen molar-refractivity contribution in [1.82, 2.24) is 14.7 Å². The molecule has 0 spiro atoms. The van der Waals surface area contributed by atoms with Gasteiger partial charge in [0.05, 0.1) is 5.52 Å². The fourth-order valence-corrected chi connectivity index (χ4v) is 3.02. The minimum absolute atomic E-state index is 0.730. The third-order valence-corrected chi connectivity index (χ3v) is 4.04. The quantitative estimate of drug-likeness (QED) is 0.922. The molecule has 17 heavy (non-hydrogen) atoms. The zero-order chi connectivity index (χ0) is 11.8. The van der Waals surface area contributed by atoms with Crippen molar-refractivity contribution in [1.29, 1.82) is 0 Å². The Morgan fingerprint density at radius 3 is 3.24 bits per heavy atom. The normalized spacial score (nSPS) is 20.2. The number of aromatic nitrogens is 2. The fourth-order valence-electron chi connectivity index (χ4n) is 2.51. The first kappa shape index (κ1) is 11.2. The van der Waals surface area contributed by atoms with E-state index in [2.05, 4.69) is 55.9 Å². The van der Waals surface area contributed by atoms with Gasteiger partial charge >= 0.3 is 0 Å². The van der Waals surface area contributed by atoms with Crippen LogP contribution >= 0.6 is 15.9 Å². The Morgan fingerprint density at radius 2 is 2.47 bits per heavy atom. The van der Waals surface area contributed by atoms with Crippen LogP contribution in [0.3, 0.4) is 0 Å². The maximum Gasteiger partial charge on any atom is 0.132 e. The number of rotatable bonds is 2. The van der Waals surface area contributed by atoms with Crippen LogP contribution in [0.5, 0.6) is 0 Å².